The Kier molecular flexibility index (Phi) is 8.06. The molecule has 0 aliphatic heterocycles. The lowest BCUT2D eigenvalue weighted by molar-refractivity contribution is -0.132. The smallest absolute Gasteiger partial charge is 0.264 e. The first-order valence-electron chi connectivity index (χ1n) is 7.12. The monoisotopic (exact) mass is 390 g/mol. The van der Waals surface area contributed by atoms with Gasteiger partial charge >= 0.3 is 0 Å². The van der Waals surface area contributed by atoms with Crippen molar-refractivity contribution in [1.29, 1.82) is 0 Å². The highest BCUT2D eigenvalue weighted by Crippen LogP contribution is 2.23. The zero-order chi connectivity index (χ0) is 16.7. The van der Waals surface area contributed by atoms with Gasteiger partial charge in [0.05, 0.1) is 21.8 Å². The highest BCUT2D eigenvalue weighted by atomic mass is 79.9. The van der Waals surface area contributed by atoms with Gasteiger partial charge in [0.25, 0.3) is 5.91 Å². The number of rotatable bonds is 8. The van der Waals surface area contributed by atoms with Crippen molar-refractivity contribution >= 4 is 39.1 Å². The van der Waals surface area contributed by atoms with E-state index in [1.165, 1.54) is 16.2 Å². The van der Waals surface area contributed by atoms with Crippen molar-refractivity contribution in [3.63, 3.8) is 0 Å². The molecule has 0 fully saturated rings. The number of nitrogens with zero attached hydrogens (tertiary/aromatic N) is 2. The minimum absolute atomic E-state index is 0.0581. The van der Waals surface area contributed by atoms with E-state index in [9.17, 15) is 9.59 Å². The quantitative estimate of drug-likeness (QED) is 0.685. The first-order chi connectivity index (χ1) is 10.3. The molecule has 0 saturated heterocycles. The molecule has 0 N–H and O–H groups in total. The molecule has 22 heavy (non-hydrogen) atoms. The molecule has 0 aromatic carbocycles. The van der Waals surface area contributed by atoms with Crippen molar-refractivity contribution in [2.75, 3.05) is 40.4 Å². The number of likely N-dealkylation sites (N-methyl/N-ethyl adjacent to an activating group) is 1. The average Bonchev–Trinajstić information content (AvgIpc) is 2.88. The van der Waals surface area contributed by atoms with Crippen LogP contribution in [-0.2, 0) is 9.53 Å². The lowest BCUT2D eigenvalue weighted by Crippen LogP contribution is -2.43. The molecule has 0 bridgehead atoms. The van der Waals surface area contributed by atoms with E-state index in [4.69, 9.17) is 4.74 Å². The lowest BCUT2D eigenvalue weighted by atomic mass is 10.2. The van der Waals surface area contributed by atoms with Gasteiger partial charge in [-0.15, -0.1) is 11.3 Å². The number of hydrogen-bond donors (Lipinski definition) is 0. The zero-order valence-electron chi connectivity index (χ0n) is 13.5. The van der Waals surface area contributed by atoms with Gasteiger partial charge in [-0.25, -0.2) is 0 Å². The third-order valence-electron chi connectivity index (χ3n) is 3.01. The molecule has 1 heterocycles. The van der Waals surface area contributed by atoms with Crippen LogP contribution in [0.1, 0.15) is 23.5 Å². The van der Waals surface area contributed by atoms with E-state index >= 15 is 0 Å². The molecule has 1 aromatic rings. The summed E-state index contributed by atoms with van der Waals surface area (Å²) in [5, 5.41) is 0. The first kappa shape index (κ1) is 19.1. The van der Waals surface area contributed by atoms with Gasteiger partial charge in [0.1, 0.15) is 0 Å². The molecule has 7 heteroatoms. The summed E-state index contributed by atoms with van der Waals surface area (Å²) in [6, 6.07) is 3.59. The highest BCUT2D eigenvalue weighted by molar-refractivity contribution is 9.11. The number of amides is 2. The number of halogens is 1. The summed E-state index contributed by atoms with van der Waals surface area (Å²) in [5.41, 5.74) is 0. The summed E-state index contributed by atoms with van der Waals surface area (Å²) >= 11 is 4.70. The Balaban J connectivity index is 2.64. The maximum absolute atomic E-state index is 12.4. The topological polar surface area (TPSA) is 49.9 Å². The van der Waals surface area contributed by atoms with Crippen LogP contribution in [0.15, 0.2) is 15.9 Å². The van der Waals surface area contributed by atoms with E-state index in [1.54, 1.807) is 25.1 Å². The van der Waals surface area contributed by atoms with E-state index in [2.05, 4.69) is 29.8 Å². The van der Waals surface area contributed by atoms with Crippen molar-refractivity contribution in [3.05, 3.63) is 20.8 Å². The summed E-state index contributed by atoms with van der Waals surface area (Å²) in [4.78, 5) is 28.5. The summed E-state index contributed by atoms with van der Waals surface area (Å²) < 4.78 is 5.95. The molecular formula is C15H23BrN2O3S. The number of hydrogen-bond acceptors (Lipinski definition) is 4. The number of ether oxygens (including phenoxy) is 1. The molecule has 0 aliphatic rings. The molecule has 0 unspecified atom stereocenters. The van der Waals surface area contributed by atoms with Gasteiger partial charge < -0.3 is 14.5 Å². The second-order valence-electron chi connectivity index (χ2n) is 5.49. The fourth-order valence-corrected chi connectivity index (χ4v) is 3.33. The van der Waals surface area contributed by atoms with Gasteiger partial charge in [0, 0.05) is 27.2 Å². The van der Waals surface area contributed by atoms with Crippen molar-refractivity contribution in [1.82, 2.24) is 9.80 Å². The Labute approximate surface area is 144 Å². The number of methoxy groups -OCH3 is 1. The summed E-state index contributed by atoms with van der Waals surface area (Å²) in [7, 11) is 3.26. The molecule has 0 saturated carbocycles. The Hall–Kier alpha value is -0.920. The molecule has 124 valence electrons. The minimum atomic E-state index is -0.139. The van der Waals surface area contributed by atoms with Gasteiger partial charge in [-0.2, -0.15) is 0 Å². The normalized spacial score (nSPS) is 10.8. The third kappa shape index (κ3) is 6.06. The molecule has 0 atom stereocenters. The van der Waals surface area contributed by atoms with Crippen molar-refractivity contribution in [2.45, 2.75) is 13.8 Å². The van der Waals surface area contributed by atoms with Crippen LogP contribution in [0.3, 0.4) is 0 Å². The predicted octanol–water partition coefficient (Wildman–Crippen LogP) is 2.71. The van der Waals surface area contributed by atoms with Gasteiger partial charge in [0.15, 0.2) is 0 Å². The second kappa shape index (κ2) is 9.27. The van der Waals surface area contributed by atoms with E-state index in [0.29, 0.717) is 30.5 Å². The molecule has 1 rings (SSSR count). The molecule has 0 radical (unpaired) electrons. The Morgan fingerprint density at radius 3 is 2.55 bits per heavy atom. The van der Waals surface area contributed by atoms with Crippen molar-refractivity contribution in [2.24, 2.45) is 5.92 Å². The van der Waals surface area contributed by atoms with Gasteiger partial charge in [0.2, 0.25) is 5.91 Å². The SMILES string of the molecule is COCCN(CC(C)C)C(=O)CN(C)C(=O)c1ccc(Br)s1. The number of carbonyl (C=O) groups excluding carboxylic acids is 2. The largest absolute Gasteiger partial charge is 0.383 e. The second-order valence-corrected chi connectivity index (χ2v) is 7.95. The van der Waals surface area contributed by atoms with Crippen LogP contribution in [0.4, 0.5) is 0 Å². The fraction of sp³-hybridized carbons (Fsp3) is 0.600. The van der Waals surface area contributed by atoms with Crippen LogP contribution in [0, 0.1) is 5.92 Å². The van der Waals surface area contributed by atoms with Crippen LogP contribution < -0.4 is 0 Å². The summed E-state index contributed by atoms with van der Waals surface area (Å²) in [6.45, 7) is 5.89. The Morgan fingerprint density at radius 2 is 2.05 bits per heavy atom. The summed E-state index contributed by atoms with van der Waals surface area (Å²) in [6.07, 6.45) is 0. The Bertz CT molecular complexity index is 505. The van der Waals surface area contributed by atoms with E-state index in [1.807, 2.05) is 6.07 Å². The average molecular weight is 391 g/mol. The van der Waals surface area contributed by atoms with Gasteiger partial charge in [-0.3, -0.25) is 9.59 Å². The van der Waals surface area contributed by atoms with Gasteiger partial charge in [-0.05, 0) is 34.0 Å². The maximum atomic E-state index is 12.4. The zero-order valence-corrected chi connectivity index (χ0v) is 15.9. The molecular weight excluding hydrogens is 368 g/mol. The maximum Gasteiger partial charge on any atom is 0.264 e. The van der Waals surface area contributed by atoms with Crippen molar-refractivity contribution < 1.29 is 14.3 Å². The Morgan fingerprint density at radius 1 is 1.36 bits per heavy atom. The van der Waals surface area contributed by atoms with Gasteiger partial charge in [-0.1, -0.05) is 13.8 Å². The first-order valence-corrected chi connectivity index (χ1v) is 8.73. The third-order valence-corrected chi connectivity index (χ3v) is 4.62. The van der Waals surface area contributed by atoms with E-state index in [-0.39, 0.29) is 18.4 Å². The van der Waals surface area contributed by atoms with Crippen LogP contribution in [-0.4, -0.2) is 62.0 Å². The molecule has 0 spiro atoms. The number of carbonyl (C=O) groups is 2. The van der Waals surface area contributed by atoms with Crippen molar-refractivity contribution in [3.8, 4) is 0 Å². The van der Waals surface area contributed by atoms with E-state index in [0.717, 1.165) is 3.79 Å². The molecule has 1 aromatic heterocycles. The van der Waals surface area contributed by atoms with E-state index < -0.39 is 0 Å². The van der Waals surface area contributed by atoms with Crippen LogP contribution in [0.5, 0.6) is 0 Å². The lowest BCUT2D eigenvalue weighted by Gasteiger charge is -2.26. The van der Waals surface area contributed by atoms with Crippen LogP contribution in [0.25, 0.3) is 0 Å². The molecule has 5 nitrogen and oxygen atoms in total. The predicted molar refractivity (Wildman–Crippen MR) is 92.3 cm³/mol. The van der Waals surface area contributed by atoms with Crippen LogP contribution in [0.2, 0.25) is 0 Å². The molecule has 0 aliphatic carbocycles. The highest BCUT2D eigenvalue weighted by Gasteiger charge is 2.20. The molecule has 2 amide bonds. The minimum Gasteiger partial charge on any atom is -0.383 e. The fourth-order valence-electron chi connectivity index (χ4n) is 1.95. The summed E-state index contributed by atoms with van der Waals surface area (Å²) in [5.74, 6) is 0.174. The van der Waals surface area contributed by atoms with Crippen LogP contribution >= 0.6 is 27.3 Å². The standard InChI is InChI=1S/C15H23BrN2O3S/c1-11(2)9-18(7-8-21-4)14(19)10-17(3)15(20)12-5-6-13(16)22-12/h5-6,11H,7-10H2,1-4H3. The number of thiophene rings is 1.